The van der Waals surface area contributed by atoms with E-state index in [2.05, 4.69) is 20.2 Å². The van der Waals surface area contributed by atoms with E-state index in [4.69, 9.17) is 23.2 Å². The first kappa shape index (κ1) is 20.6. The van der Waals surface area contributed by atoms with E-state index in [1.165, 1.54) is 12.4 Å². The number of hydrogen-bond acceptors (Lipinski definition) is 6. The normalized spacial score (nSPS) is 15.4. The molecule has 2 heterocycles. The Morgan fingerprint density at radius 2 is 1.97 bits per heavy atom. The van der Waals surface area contributed by atoms with Crippen LogP contribution < -0.4 is 10.9 Å². The van der Waals surface area contributed by atoms with Gasteiger partial charge in [0.1, 0.15) is 5.69 Å². The number of anilines is 1. The number of nitrogens with one attached hydrogen (secondary N) is 2. The lowest BCUT2D eigenvalue weighted by Crippen LogP contribution is -2.38. The molecule has 30 heavy (non-hydrogen) atoms. The van der Waals surface area contributed by atoms with E-state index in [0.29, 0.717) is 21.2 Å². The molecule has 156 valence electrons. The predicted molar refractivity (Wildman–Crippen MR) is 117 cm³/mol. The fourth-order valence-electron chi connectivity index (χ4n) is 3.72. The molecule has 0 saturated carbocycles. The van der Waals surface area contributed by atoms with Crippen molar-refractivity contribution < 1.29 is 4.92 Å². The van der Waals surface area contributed by atoms with Gasteiger partial charge in [0, 0.05) is 31.7 Å². The number of rotatable bonds is 5. The molecular weight excluding hydrogens is 429 g/mol. The highest BCUT2D eigenvalue weighted by Crippen LogP contribution is 2.30. The van der Waals surface area contributed by atoms with Crippen molar-refractivity contribution >= 4 is 45.5 Å². The van der Waals surface area contributed by atoms with Crippen LogP contribution in [-0.4, -0.2) is 38.9 Å². The lowest BCUT2D eigenvalue weighted by molar-refractivity contribution is -0.383. The average molecular weight is 448 g/mol. The molecule has 8 nitrogen and oxygen atoms in total. The maximum absolute atomic E-state index is 11.9. The molecule has 1 aromatic heterocycles. The lowest BCUT2D eigenvalue weighted by Gasteiger charge is -2.32. The van der Waals surface area contributed by atoms with Crippen LogP contribution in [0.2, 0.25) is 10.0 Å². The number of H-pyrrole nitrogens is 1. The van der Waals surface area contributed by atoms with Crippen molar-refractivity contribution in [3.05, 3.63) is 72.7 Å². The van der Waals surface area contributed by atoms with Gasteiger partial charge >= 0.3 is 0 Å². The van der Waals surface area contributed by atoms with Gasteiger partial charge in [0.2, 0.25) is 0 Å². The van der Waals surface area contributed by atoms with Gasteiger partial charge in [0.05, 0.1) is 32.2 Å². The lowest BCUT2D eigenvalue weighted by atomic mass is 10.0. The highest BCUT2D eigenvalue weighted by atomic mass is 35.5. The summed E-state index contributed by atoms with van der Waals surface area (Å²) in [4.78, 5) is 31.8. The van der Waals surface area contributed by atoms with Crippen molar-refractivity contribution in [3.63, 3.8) is 0 Å². The van der Waals surface area contributed by atoms with Gasteiger partial charge in [0.15, 0.2) is 0 Å². The van der Waals surface area contributed by atoms with Crippen molar-refractivity contribution in [1.29, 1.82) is 0 Å². The molecule has 2 N–H and O–H groups in total. The largest absolute Gasteiger partial charge is 0.377 e. The summed E-state index contributed by atoms with van der Waals surface area (Å²) in [5.74, 6) is 0. The van der Waals surface area contributed by atoms with E-state index in [9.17, 15) is 14.9 Å². The van der Waals surface area contributed by atoms with Gasteiger partial charge in [-0.3, -0.25) is 19.8 Å². The van der Waals surface area contributed by atoms with Gasteiger partial charge < -0.3 is 10.3 Å². The summed E-state index contributed by atoms with van der Waals surface area (Å²) >= 11 is 12.1. The maximum Gasteiger partial charge on any atom is 0.293 e. The Balaban J connectivity index is 1.45. The van der Waals surface area contributed by atoms with Crippen LogP contribution in [0.1, 0.15) is 18.4 Å². The minimum Gasteiger partial charge on any atom is -0.377 e. The summed E-state index contributed by atoms with van der Waals surface area (Å²) in [5.41, 5.74) is 1.37. The zero-order valence-corrected chi connectivity index (χ0v) is 17.4. The molecule has 2 aromatic carbocycles. The molecule has 0 bridgehead atoms. The molecule has 1 fully saturated rings. The molecule has 0 radical (unpaired) electrons. The van der Waals surface area contributed by atoms with E-state index in [1.54, 1.807) is 12.1 Å². The van der Waals surface area contributed by atoms with Crippen LogP contribution >= 0.6 is 23.2 Å². The fraction of sp³-hybridized carbons (Fsp3) is 0.300. The minimum atomic E-state index is -0.479. The molecule has 0 amide bonds. The standard InChI is InChI=1S/C20H19Cl2N5O3/c21-15-2-1-12(7-16(15)22)10-26-5-3-13(4-6-26)25-18-9-17-14(8-19(18)27(29)30)20(28)24-11-23-17/h1-2,7-9,11,13,25H,3-6,10H2,(H,23,24,28). The molecule has 4 rings (SSSR count). The number of likely N-dealkylation sites (tertiary alicyclic amines) is 1. The van der Waals surface area contributed by atoms with Crippen molar-refractivity contribution in [1.82, 2.24) is 14.9 Å². The first-order valence-electron chi connectivity index (χ1n) is 9.49. The monoisotopic (exact) mass is 447 g/mol. The van der Waals surface area contributed by atoms with Gasteiger partial charge in [-0.05, 0) is 36.6 Å². The Labute approximate surface area is 182 Å². The highest BCUT2D eigenvalue weighted by molar-refractivity contribution is 6.42. The van der Waals surface area contributed by atoms with Gasteiger partial charge in [-0.2, -0.15) is 0 Å². The Morgan fingerprint density at radius 3 is 2.67 bits per heavy atom. The maximum atomic E-state index is 11.9. The van der Waals surface area contributed by atoms with Crippen LogP contribution in [0, 0.1) is 10.1 Å². The number of nitro benzene ring substituents is 1. The zero-order chi connectivity index (χ0) is 21.3. The number of aromatic amines is 1. The highest BCUT2D eigenvalue weighted by Gasteiger charge is 2.23. The Kier molecular flexibility index (Phi) is 5.90. The minimum absolute atomic E-state index is 0.0909. The summed E-state index contributed by atoms with van der Waals surface area (Å²) < 4.78 is 0. The zero-order valence-electron chi connectivity index (χ0n) is 15.9. The van der Waals surface area contributed by atoms with Crippen molar-refractivity contribution in [3.8, 4) is 0 Å². The number of nitrogens with zero attached hydrogens (tertiary/aromatic N) is 3. The number of aromatic nitrogens is 2. The second-order valence-electron chi connectivity index (χ2n) is 7.32. The molecular formula is C20H19Cl2N5O3. The molecule has 10 heteroatoms. The van der Waals surface area contributed by atoms with Gasteiger partial charge in [0.25, 0.3) is 11.2 Å². The first-order valence-corrected chi connectivity index (χ1v) is 10.2. The summed E-state index contributed by atoms with van der Waals surface area (Å²) in [6.07, 6.45) is 2.96. The Hall–Kier alpha value is -2.68. The number of piperidine rings is 1. The third kappa shape index (κ3) is 4.40. The fourth-order valence-corrected chi connectivity index (χ4v) is 4.04. The summed E-state index contributed by atoms with van der Waals surface area (Å²) in [5, 5.41) is 16.1. The van der Waals surface area contributed by atoms with Crippen LogP contribution in [0.15, 0.2) is 41.5 Å². The average Bonchev–Trinajstić information content (AvgIpc) is 2.72. The third-order valence-corrected chi connectivity index (χ3v) is 6.03. The number of hydrogen-bond donors (Lipinski definition) is 2. The van der Waals surface area contributed by atoms with E-state index in [-0.39, 0.29) is 17.1 Å². The molecule has 0 aliphatic carbocycles. The second kappa shape index (κ2) is 8.59. The quantitative estimate of drug-likeness (QED) is 0.448. The van der Waals surface area contributed by atoms with Gasteiger partial charge in [-0.15, -0.1) is 0 Å². The Bertz CT molecular complexity index is 1160. The number of halogens is 2. The van der Waals surface area contributed by atoms with Crippen LogP contribution in [0.25, 0.3) is 10.9 Å². The van der Waals surface area contributed by atoms with E-state index < -0.39 is 10.5 Å². The van der Waals surface area contributed by atoms with Crippen molar-refractivity contribution in [2.75, 3.05) is 18.4 Å². The Morgan fingerprint density at radius 1 is 1.20 bits per heavy atom. The number of benzene rings is 2. The molecule has 1 saturated heterocycles. The van der Waals surface area contributed by atoms with E-state index in [0.717, 1.165) is 38.0 Å². The summed E-state index contributed by atoms with van der Waals surface area (Å²) in [7, 11) is 0. The second-order valence-corrected chi connectivity index (χ2v) is 8.13. The molecule has 1 aliphatic heterocycles. The van der Waals surface area contributed by atoms with Crippen LogP contribution in [-0.2, 0) is 6.54 Å². The van der Waals surface area contributed by atoms with E-state index >= 15 is 0 Å². The number of fused-ring (bicyclic) bond motifs is 1. The van der Waals surface area contributed by atoms with E-state index in [1.807, 2.05) is 12.1 Å². The SMILES string of the molecule is O=c1[nH]cnc2cc(NC3CCN(Cc4ccc(Cl)c(Cl)c4)CC3)c([N+](=O)[O-])cc12. The molecule has 0 atom stereocenters. The third-order valence-electron chi connectivity index (χ3n) is 5.29. The van der Waals surface area contributed by atoms with Crippen LogP contribution in [0.3, 0.4) is 0 Å². The van der Waals surface area contributed by atoms with Crippen LogP contribution in [0.4, 0.5) is 11.4 Å². The van der Waals surface area contributed by atoms with Crippen molar-refractivity contribution in [2.45, 2.75) is 25.4 Å². The molecule has 0 unspecified atom stereocenters. The topological polar surface area (TPSA) is 104 Å². The summed E-state index contributed by atoms with van der Waals surface area (Å²) in [6, 6.07) is 8.58. The molecule has 0 spiro atoms. The molecule has 3 aromatic rings. The summed E-state index contributed by atoms with van der Waals surface area (Å²) in [6.45, 7) is 2.46. The predicted octanol–water partition coefficient (Wildman–Crippen LogP) is 4.21. The molecule has 1 aliphatic rings. The first-order chi connectivity index (χ1) is 14.4. The van der Waals surface area contributed by atoms with Gasteiger partial charge in [-0.1, -0.05) is 29.3 Å². The smallest absolute Gasteiger partial charge is 0.293 e. The van der Waals surface area contributed by atoms with Gasteiger partial charge in [-0.25, -0.2) is 4.98 Å². The number of nitro groups is 1. The van der Waals surface area contributed by atoms with Crippen molar-refractivity contribution in [2.24, 2.45) is 0 Å². The van der Waals surface area contributed by atoms with Crippen LogP contribution in [0.5, 0.6) is 0 Å².